The van der Waals surface area contributed by atoms with Crippen LogP contribution in [-0.4, -0.2) is 23.1 Å². The van der Waals surface area contributed by atoms with E-state index in [0.717, 1.165) is 24.9 Å². The van der Waals surface area contributed by atoms with Crippen LogP contribution in [0.4, 0.5) is 0 Å². The Balaban J connectivity index is 1.18. The predicted molar refractivity (Wildman–Crippen MR) is 153 cm³/mol. The number of benzene rings is 2. The van der Waals surface area contributed by atoms with Gasteiger partial charge in [0.05, 0.1) is 10.0 Å². The first-order chi connectivity index (χ1) is 17.6. The molecule has 1 aliphatic carbocycles. The Bertz CT molecular complexity index is 1090. The molecule has 2 aliphatic rings. The molecular formula is C31H37Cl2NOS. The van der Waals surface area contributed by atoms with Gasteiger partial charge < -0.3 is 5.11 Å². The Morgan fingerprint density at radius 1 is 0.889 bits per heavy atom. The van der Waals surface area contributed by atoms with E-state index in [2.05, 4.69) is 52.1 Å². The summed E-state index contributed by atoms with van der Waals surface area (Å²) in [5, 5.41) is 16.6. The number of nitrogens with zero attached hydrogens (tertiary/aromatic N) is 1. The largest absolute Gasteiger partial charge is 0.374 e. The van der Waals surface area contributed by atoms with Crippen LogP contribution in [-0.2, 0) is 0 Å². The molecule has 5 heteroatoms. The standard InChI is InChI=1S/C31H37Cl2NOS/c32-29-14-6-13-27(30(29)33)31(35)34-19-25(28(20-34)26-17-18-36-21-26)12-5-8-22-7-4-11-24(16-15-22)23-9-2-1-3-10-23/h1-3,6,9-10,13-14,17-18,21-22,24-25,28,31,35H,4-5,7-8,11-12,15-16,19-20H2/t22?,24?,25?,28-,31?/m1/s1. The monoisotopic (exact) mass is 541 g/mol. The highest BCUT2D eigenvalue weighted by Crippen LogP contribution is 2.42. The van der Waals surface area contributed by atoms with Gasteiger partial charge in [0, 0.05) is 24.6 Å². The molecule has 1 aliphatic heterocycles. The number of thiophene rings is 1. The molecule has 0 spiro atoms. The molecule has 5 atom stereocenters. The van der Waals surface area contributed by atoms with Crippen LogP contribution in [0.2, 0.25) is 10.0 Å². The molecule has 5 rings (SSSR count). The minimum absolute atomic E-state index is 0.459. The van der Waals surface area contributed by atoms with Gasteiger partial charge in [0.2, 0.25) is 0 Å². The molecule has 36 heavy (non-hydrogen) atoms. The smallest absolute Gasteiger partial charge is 0.135 e. The van der Waals surface area contributed by atoms with Crippen molar-refractivity contribution in [1.29, 1.82) is 0 Å². The zero-order chi connectivity index (χ0) is 24.9. The summed E-state index contributed by atoms with van der Waals surface area (Å²) in [4.78, 5) is 2.20. The lowest BCUT2D eigenvalue weighted by molar-refractivity contribution is 0.0155. The summed E-state index contributed by atoms with van der Waals surface area (Å²) in [6.07, 6.45) is 9.84. The second-order valence-corrected chi connectivity index (χ2v) is 12.4. The average molecular weight is 543 g/mol. The predicted octanol–water partition coefficient (Wildman–Crippen LogP) is 9.30. The molecule has 1 saturated heterocycles. The minimum atomic E-state index is -0.723. The molecule has 0 bridgehead atoms. The van der Waals surface area contributed by atoms with Gasteiger partial charge in [-0.05, 0) is 77.5 Å². The van der Waals surface area contributed by atoms with Crippen molar-refractivity contribution in [3.8, 4) is 0 Å². The third-order valence-electron chi connectivity index (χ3n) is 8.59. The molecule has 4 unspecified atom stereocenters. The van der Waals surface area contributed by atoms with Gasteiger partial charge in [0.15, 0.2) is 0 Å². The highest BCUT2D eigenvalue weighted by atomic mass is 35.5. The molecule has 1 N–H and O–H groups in total. The van der Waals surface area contributed by atoms with Gasteiger partial charge in [-0.2, -0.15) is 11.3 Å². The maximum absolute atomic E-state index is 11.2. The lowest BCUT2D eigenvalue weighted by atomic mass is 9.85. The minimum Gasteiger partial charge on any atom is -0.374 e. The number of aliphatic hydroxyl groups is 1. The summed E-state index contributed by atoms with van der Waals surface area (Å²) in [6.45, 7) is 1.75. The molecule has 2 nitrogen and oxygen atoms in total. The van der Waals surface area contributed by atoms with Crippen molar-refractivity contribution in [2.24, 2.45) is 11.8 Å². The highest BCUT2D eigenvalue weighted by molar-refractivity contribution is 7.08. The van der Waals surface area contributed by atoms with Crippen molar-refractivity contribution in [3.63, 3.8) is 0 Å². The van der Waals surface area contributed by atoms with Crippen molar-refractivity contribution in [2.45, 2.75) is 69.4 Å². The van der Waals surface area contributed by atoms with Crippen LogP contribution in [0.5, 0.6) is 0 Å². The average Bonchev–Trinajstić information content (AvgIpc) is 3.52. The van der Waals surface area contributed by atoms with Gasteiger partial charge >= 0.3 is 0 Å². The zero-order valence-electron chi connectivity index (χ0n) is 20.9. The van der Waals surface area contributed by atoms with Gasteiger partial charge in [0.25, 0.3) is 0 Å². The number of halogens is 2. The topological polar surface area (TPSA) is 23.5 Å². The quantitative estimate of drug-likeness (QED) is 0.287. The summed E-state index contributed by atoms with van der Waals surface area (Å²) < 4.78 is 0. The van der Waals surface area contributed by atoms with Crippen LogP contribution in [0.25, 0.3) is 0 Å². The van der Waals surface area contributed by atoms with Crippen LogP contribution in [0, 0.1) is 11.8 Å². The molecular weight excluding hydrogens is 505 g/mol. The normalized spacial score (nSPS) is 26.1. The Morgan fingerprint density at radius 3 is 2.56 bits per heavy atom. The van der Waals surface area contributed by atoms with Crippen LogP contribution in [0.15, 0.2) is 65.4 Å². The lowest BCUT2D eigenvalue weighted by Gasteiger charge is -2.24. The van der Waals surface area contributed by atoms with Crippen LogP contribution >= 0.6 is 34.5 Å². The van der Waals surface area contributed by atoms with E-state index in [1.165, 1.54) is 62.5 Å². The van der Waals surface area contributed by atoms with E-state index >= 15 is 0 Å². The molecule has 192 valence electrons. The van der Waals surface area contributed by atoms with Crippen molar-refractivity contribution in [3.05, 3.63) is 92.1 Å². The Labute approximate surface area is 230 Å². The van der Waals surface area contributed by atoms with Gasteiger partial charge in [-0.3, -0.25) is 4.90 Å². The van der Waals surface area contributed by atoms with E-state index in [-0.39, 0.29) is 0 Å². The summed E-state index contributed by atoms with van der Waals surface area (Å²) in [6, 6.07) is 18.9. The first-order valence-corrected chi connectivity index (χ1v) is 15.2. The van der Waals surface area contributed by atoms with Gasteiger partial charge in [-0.25, -0.2) is 0 Å². The van der Waals surface area contributed by atoms with Crippen molar-refractivity contribution in [1.82, 2.24) is 4.90 Å². The number of hydrogen-bond acceptors (Lipinski definition) is 3. The van der Waals surface area contributed by atoms with Crippen LogP contribution in [0.1, 0.15) is 86.1 Å². The Hall–Kier alpha value is -1.36. The van der Waals surface area contributed by atoms with E-state index < -0.39 is 6.23 Å². The van der Waals surface area contributed by atoms with Crippen LogP contribution in [0.3, 0.4) is 0 Å². The van der Waals surface area contributed by atoms with Gasteiger partial charge in [-0.15, -0.1) is 0 Å². The summed E-state index contributed by atoms with van der Waals surface area (Å²) in [5.74, 6) is 2.60. The van der Waals surface area contributed by atoms with Gasteiger partial charge in [0.1, 0.15) is 6.23 Å². The summed E-state index contributed by atoms with van der Waals surface area (Å²) >= 11 is 14.5. The maximum atomic E-state index is 11.2. The first-order valence-electron chi connectivity index (χ1n) is 13.5. The van der Waals surface area contributed by atoms with Crippen molar-refractivity contribution < 1.29 is 5.11 Å². The zero-order valence-corrected chi connectivity index (χ0v) is 23.2. The first kappa shape index (κ1) is 26.3. The van der Waals surface area contributed by atoms with Crippen molar-refractivity contribution >= 4 is 34.5 Å². The number of hydrogen-bond donors (Lipinski definition) is 1. The maximum Gasteiger partial charge on any atom is 0.135 e. The summed E-state index contributed by atoms with van der Waals surface area (Å²) in [7, 11) is 0. The Morgan fingerprint density at radius 2 is 1.75 bits per heavy atom. The van der Waals surface area contributed by atoms with E-state index in [1.54, 1.807) is 17.4 Å². The fourth-order valence-corrected chi connectivity index (χ4v) is 7.70. The number of aliphatic hydroxyl groups excluding tert-OH is 1. The number of likely N-dealkylation sites (tertiary alicyclic amines) is 1. The second-order valence-electron chi connectivity index (χ2n) is 10.8. The molecule has 0 amide bonds. The molecule has 0 radical (unpaired) electrons. The van der Waals surface area contributed by atoms with Gasteiger partial charge in [-0.1, -0.05) is 91.3 Å². The SMILES string of the molecule is OC(c1cccc(Cl)c1Cl)N1CC(CCCC2CCCC(c3ccccc3)CC2)[C@H](c2ccsc2)C1. The van der Waals surface area contributed by atoms with E-state index in [4.69, 9.17) is 23.2 Å². The second kappa shape index (κ2) is 12.5. The van der Waals surface area contributed by atoms with E-state index in [0.29, 0.717) is 27.4 Å². The molecule has 2 aromatic carbocycles. The lowest BCUT2D eigenvalue weighted by Crippen LogP contribution is -2.27. The molecule has 3 aromatic rings. The number of rotatable bonds is 8. The fraction of sp³-hybridized carbons (Fsp3) is 0.484. The highest BCUT2D eigenvalue weighted by Gasteiger charge is 2.37. The van der Waals surface area contributed by atoms with E-state index in [1.807, 2.05) is 12.1 Å². The third-order valence-corrected chi connectivity index (χ3v) is 10.1. The fourth-order valence-electron chi connectivity index (χ4n) is 6.57. The molecule has 2 fully saturated rings. The summed E-state index contributed by atoms with van der Waals surface area (Å²) in [5.41, 5.74) is 3.65. The third kappa shape index (κ3) is 6.19. The molecule has 1 aromatic heterocycles. The van der Waals surface area contributed by atoms with Crippen LogP contribution < -0.4 is 0 Å². The molecule has 1 saturated carbocycles. The molecule has 2 heterocycles. The van der Waals surface area contributed by atoms with Crippen molar-refractivity contribution in [2.75, 3.05) is 13.1 Å². The Kier molecular flexibility index (Phi) is 9.08. The van der Waals surface area contributed by atoms with E-state index in [9.17, 15) is 5.11 Å².